The minimum absolute atomic E-state index is 0.0403. The number of nitrogens with one attached hydrogen (secondary N) is 3. The highest BCUT2D eigenvalue weighted by Crippen LogP contribution is 2.36. The Morgan fingerprint density at radius 1 is 1.03 bits per heavy atom. The molecule has 0 atom stereocenters. The molecular weight excluding hydrogens is 438 g/mol. The fourth-order valence-electron chi connectivity index (χ4n) is 4.15. The van der Waals surface area contributed by atoms with Crippen LogP contribution in [0.1, 0.15) is 27.2 Å². The third-order valence-electron chi connectivity index (χ3n) is 5.74. The van der Waals surface area contributed by atoms with Crippen LogP contribution in [0.2, 0.25) is 0 Å². The predicted octanol–water partition coefficient (Wildman–Crippen LogP) is 4.75. The normalized spacial score (nSPS) is 12.4. The summed E-state index contributed by atoms with van der Waals surface area (Å²) in [5.41, 5.74) is 4.58. The number of aromatic nitrogens is 2. The first-order valence-electron chi connectivity index (χ1n) is 10.7. The summed E-state index contributed by atoms with van der Waals surface area (Å²) in [6, 6.07) is 13.6. The van der Waals surface area contributed by atoms with E-state index in [9.17, 15) is 14.0 Å². The molecule has 0 saturated heterocycles. The van der Waals surface area contributed by atoms with Crippen molar-refractivity contribution < 1.29 is 18.4 Å². The largest absolute Gasteiger partial charge is 0.348 e. The molecule has 0 spiro atoms. The van der Waals surface area contributed by atoms with Gasteiger partial charge in [-0.15, -0.1) is 0 Å². The van der Waals surface area contributed by atoms with Crippen LogP contribution in [0.4, 0.5) is 14.5 Å². The summed E-state index contributed by atoms with van der Waals surface area (Å²) in [5.74, 6) is -0.893. The average Bonchev–Trinajstić information content (AvgIpc) is 3.41. The van der Waals surface area contributed by atoms with Crippen molar-refractivity contribution in [1.29, 1.82) is 0 Å². The van der Waals surface area contributed by atoms with Crippen molar-refractivity contribution in [2.24, 2.45) is 0 Å². The van der Waals surface area contributed by atoms with Crippen molar-refractivity contribution in [2.45, 2.75) is 19.9 Å². The molecule has 1 aliphatic rings. The molecule has 0 unspecified atom stereocenters. The van der Waals surface area contributed by atoms with Gasteiger partial charge in [-0.3, -0.25) is 9.59 Å². The first kappa shape index (κ1) is 21.5. The number of nitrogens with zero attached hydrogens (tertiary/aromatic N) is 1. The Morgan fingerprint density at radius 2 is 1.76 bits per heavy atom. The SMILES string of the molecule is Cc1cnc(-c2ccc(-c3ccc(NC(=O)Cc4ccc(F)cc4)cc3F)c3c2C(=O)NC3)[nH]1. The molecule has 0 saturated carbocycles. The first-order valence-corrected chi connectivity index (χ1v) is 10.7. The topological polar surface area (TPSA) is 86.9 Å². The van der Waals surface area contributed by atoms with E-state index < -0.39 is 5.82 Å². The summed E-state index contributed by atoms with van der Waals surface area (Å²) in [6.45, 7) is 2.16. The van der Waals surface area contributed by atoms with Crippen LogP contribution in [-0.4, -0.2) is 21.8 Å². The van der Waals surface area contributed by atoms with Crippen LogP contribution in [0.3, 0.4) is 0 Å². The Hall–Kier alpha value is -4.33. The molecule has 2 heterocycles. The number of benzene rings is 3. The van der Waals surface area contributed by atoms with E-state index >= 15 is 4.39 Å². The van der Waals surface area contributed by atoms with Crippen molar-refractivity contribution in [3.63, 3.8) is 0 Å². The summed E-state index contributed by atoms with van der Waals surface area (Å²) in [5, 5.41) is 5.48. The third-order valence-corrected chi connectivity index (χ3v) is 5.74. The van der Waals surface area contributed by atoms with Crippen LogP contribution >= 0.6 is 0 Å². The maximum atomic E-state index is 15.1. The molecule has 34 heavy (non-hydrogen) atoms. The molecule has 3 N–H and O–H groups in total. The van der Waals surface area contributed by atoms with Crippen molar-refractivity contribution in [3.05, 3.63) is 94.8 Å². The van der Waals surface area contributed by atoms with E-state index in [1.54, 1.807) is 30.5 Å². The molecule has 0 bridgehead atoms. The maximum absolute atomic E-state index is 15.1. The highest BCUT2D eigenvalue weighted by atomic mass is 19.1. The van der Waals surface area contributed by atoms with E-state index in [1.807, 2.05) is 6.92 Å². The molecule has 4 aromatic rings. The van der Waals surface area contributed by atoms with Gasteiger partial charge in [0.1, 0.15) is 17.5 Å². The fourth-order valence-corrected chi connectivity index (χ4v) is 4.15. The lowest BCUT2D eigenvalue weighted by atomic mass is 9.92. The Balaban J connectivity index is 1.42. The van der Waals surface area contributed by atoms with Crippen LogP contribution in [-0.2, 0) is 17.8 Å². The third kappa shape index (κ3) is 4.05. The number of hydrogen-bond donors (Lipinski definition) is 3. The summed E-state index contributed by atoms with van der Waals surface area (Å²) in [4.78, 5) is 32.3. The lowest BCUT2D eigenvalue weighted by molar-refractivity contribution is -0.115. The van der Waals surface area contributed by atoms with Gasteiger partial charge >= 0.3 is 0 Å². The second kappa shape index (κ2) is 8.55. The lowest BCUT2D eigenvalue weighted by Gasteiger charge is -2.13. The smallest absolute Gasteiger partial charge is 0.252 e. The molecule has 1 aliphatic heterocycles. The number of hydrogen-bond acceptors (Lipinski definition) is 3. The second-order valence-corrected chi connectivity index (χ2v) is 8.16. The van der Waals surface area contributed by atoms with Crippen LogP contribution < -0.4 is 10.6 Å². The molecule has 0 aliphatic carbocycles. The molecular formula is C26H20F2N4O2. The van der Waals surface area contributed by atoms with Crippen molar-refractivity contribution >= 4 is 17.5 Å². The molecule has 8 heteroatoms. The van der Waals surface area contributed by atoms with E-state index in [1.165, 1.54) is 30.3 Å². The number of carbonyl (C=O) groups is 2. The van der Waals surface area contributed by atoms with Crippen LogP contribution in [0.5, 0.6) is 0 Å². The molecule has 3 aromatic carbocycles. The molecule has 5 rings (SSSR count). The average molecular weight is 458 g/mol. The molecule has 0 fully saturated rings. The number of amides is 2. The second-order valence-electron chi connectivity index (χ2n) is 8.16. The first-order chi connectivity index (χ1) is 16.4. The Kier molecular flexibility index (Phi) is 5.41. The highest BCUT2D eigenvalue weighted by molar-refractivity contribution is 6.06. The number of aryl methyl sites for hydroxylation is 1. The zero-order valence-corrected chi connectivity index (χ0v) is 18.2. The summed E-state index contributed by atoms with van der Waals surface area (Å²) >= 11 is 0. The Labute approximate surface area is 194 Å². The van der Waals surface area contributed by atoms with Gasteiger partial charge in [0, 0.05) is 35.2 Å². The van der Waals surface area contributed by atoms with E-state index in [0.717, 1.165) is 5.69 Å². The zero-order chi connectivity index (χ0) is 23.8. The number of carbonyl (C=O) groups excluding carboxylic acids is 2. The van der Waals surface area contributed by atoms with Gasteiger partial charge in [-0.05, 0) is 60.0 Å². The number of imidazole rings is 1. The Bertz CT molecular complexity index is 1430. The minimum Gasteiger partial charge on any atom is -0.348 e. The molecule has 2 amide bonds. The molecule has 0 radical (unpaired) electrons. The summed E-state index contributed by atoms with van der Waals surface area (Å²) in [6.07, 6.45) is 1.73. The molecule has 1 aromatic heterocycles. The monoisotopic (exact) mass is 458 g/mol. The number of rotatable bonds is 5. The fraction of sp³-hybridized carbons (Fsp3) is 0.115. The van der Waals surface area contributed by atoms with Gasteiger partial charge in [0.25, 0.3) is 5.91 Å². The summed E-state index contributed by atoms with van der Waals surface area (Å²) in [7, 11) is 0. The zero-order valence-electron chi connectivity index (χ0n) is 18.2. The Morgan fingerprint density at radius 3 is 2.47 bits per heavy atom. The molecule has 6 nitrogen and oxygen atoms in total. The van der Waals surface area contributed by atoms with E-state index in [2.05, 4.69) is 20.6 Å². The minimum atomic E-state index is -0.525. The van der Waals surface area contributed by atoms with Crippen LogP contribution in [0, 0.1) is 18.6 Å². The lowest BCUT2D eigenvalue weighted by Crippen LogP contribution is -2.14. The quantitative estimate of drug-likeness (QED) is 0.403. The number of fused-ring (bicyclic) bond motifs is 1. The predicted molar refractivity (Wildman–Crippen MR) is 124 cm³/mol. The summed E-state index contributed by atoms with van der Waals surface area (Å²) < 4.78 is 28.2. The van der Waals surface area contributed by atoms with Gasteiger partial charge in [-0.1, -0.05) is 18.2 Å². The van der Waals surface area contributed by atoms with Crippen molar-refractivity contribution in [3.8, 4) is 22.5 Å². The van der Waals surface area contributed by atoms with Gasteiger partial charge in [0.15, 0.2) is 0 Å². The van der Waals surface area contributed by atoms with Crippen molar-refractivity contribution in [2.75, 3.05) is 5.32 Å². The number of anilines is 1. The van der Waals surface area contributed by atoms with Gasteiger partial charge in [0.2, 0.25) is 5.91 Å². The number of halogens is 2. The maximum Gasteiger partial charge on any atom is 0.252 e. The van der Waals surface area contributed by atoms with Gasteiger partial charge in [0.05, 0.1) is 12.0 Å². The van der Waals surface area contributed by atoms with E-state index in [4.69, 9.17) is 0 Å². The standard InChI is InChI=1S/C26H20F2N4O2/c1-14-12-29-25(31-14)20-9-8-18(21-13-30-26(34)24(20)21)19-7-6-17(11-22(19)28)32-23(33)10-15-2-4-16(27)5-3-15/h2-9,11-12H,10,13H2,1H3,(H,29,31)(H,30,34)(H,32,33). The number of aromatic amines is 1. The highest BCUT2D eigenvalue weighted by Gasteiger charge is 2.28. The van der Waals surface area contributed by atoms with Crippen molar-refractivity contribution in [1.82, 2.24) is 15.3 Å². The molecule has 170 valence electrons. The van der Waals surface area contributed by atoms with E-state index in [0.29, 0.717) is 44.9 Å². The van der Waals surface area contributed by atoms with Gasteiger partial charge in [-0.25, -0.2) is 13.8 Å². The van der Waals surface area contributed by atoms with E-state index in [-0.39, 0.29) is 30.6 Å². The van der Waals surface area contributed by atoms with Crippen LogP contribution in [0.15, 0.2) is 60.8 Å². The van der Waals surface area contributed by atoms with Gasteiger partial charge < -0.3 is 15.6 Å². The number of H-pyrrole nitrogens is 1. The van der Waals surface area contributed by atoms with Crippen LogP contribution in [0.25, 0.3) is 22.5 Å². The van der Waals surface area contributed by atoms with Gasteiger partial charge in [-0.2, -0.15) is 0 Å².